The summed E-state index contributed by atoms with van der Waals surface area (Å²) in [6.45, 7) is 7.24. The van der Waals surface area contributed by atoms with Gasteiger partial charge in [0, 0.05) is 11.0 Å². The maximum Gasteiger partial charge on any atom is 0.252 e. The molecule has 1 amide bonds. The predicted octanol–water partition coefficient (Wildman–Crippen LogP) is 2.22. The van der Waals surface area contributed by atoms with Gasteiger partial charge in [-0.15, -0.1) is 11.3 Å². The lowest BCUT2D eigenvalue weighted by molar-refractivity contribution is -0.112. The summed E-state index contributed by atoms with van der Waals surface area (Å²) in [4.78, 5) is 15.4. The van der Waals surface area contributed by atoms with Crippen LogP contribution in [0.5, 0.6) is 0 Å². The summed E-state index contributed by atoms with van der Waals surface area (Å²) < 4.78 is 0. The van der Waals surface area contributed by atoms with Crippen molar-refractivity contribution in [3.05, 3.63) is 23.2 Å². The second kappa shape index (κ2) is 4.18. The highest BCUT2D eigenvalue weighted by atomic mass is 32.1. The van der Waals surface area contributed by atoms with Gasteiger partial charge in [-0.25, -0.2) is 4.98 Å². The average Bonchev–Trinajstić information content (AvgIpc) is 2.52. The van der Waals surface area contributed by atoms with Gasteiger partial charge in [0.15, 0.2) is 5.13 Å². The molecule has 1 aromatic heterocycles. The second-order valence-electron chi connectivity index (χ2n) is 2.73. The molecule has 1 N–H and O–H groups in total. The highest BCUT2D eigenvalue weighted by Gasteiger charge is 2.05. The standard InChI is InChI=1S/C9H12N2OS/c1-4-7-5-13-9(10-7)11-8(12)6(2)3/h5H,2,4H2,1,3H3,(H,10,11,12). The van der Waals surface area contributed by atoms with E-state index in [1.54, 1.807) is 6.92 Å². The molecule has 1 aromatic rings. The molecule has 0 spiro atoms. The molecule has 70 valence electrons. The first-order valence-corrected chi connectivity index (χ1v) is 4.92. The highest BCUT2D eigenvalue weighted by Crippen LogP contribution is 2.15. The van der Waals surface area contributed by atoms with E-state index in [9.17, 15) is 4.79 Å². The van der Waals surface area contributed by atoms with E-state index in [1.165, 1.54) is 11.3 Å². The second-order valence-corrected chi connectivity index (χ2v) is 3.59. The van der Waals surface area contributed by atoms with Crippen LogP contribution in [0.1, 0.15) is 19.5 Å². The Balaban J connectivity index is 2.64. The molecule has 1 rings (SSSR count). The monoisotopic (exact) mass is 196 g/mol. The fraction of sp³-hybridized carbons (Fsp3) is 0.333. The molecule has 0 saturated carbocycles. The first-order chi connectivity index (χ1) is 6.13. The molecule has 0 aromatic carbocycles. The first kappa shape index (κ1) is 9.92. The van der Waals surface area contributed by atoms with E-state index in [2.05, 4.69) is 16.9 Å². The number of hydrogen-bond donors (Lipinski definition) is 1. The summed E-state index contributed by atoms with van der Waals surface area (Å²) in [5.74, 6) is -0.169. The van der Waals surface area contributed by atoms with E-state index in [0.29, 0.717) is 10.7 Å². The maximum atomic E-state index is 11.2. The third-order valence-corrected chi connectivity index (χ3v) is 2.33. The van der Waals surface area contributed by atoms with Crippen LogP contribution in [-0.4, -0.2) is 10.9 Å². The molecule has 4 heteroatoms. The Morgan fingerprint density at radius 3 is 2.92 bits per heavy atom. The van der Waals surface area contributed by atoms with Crippen LogP contribution in [0.25, 0.3) is 0 Å². The number of aromatic nitrogens is 1. The van der Waals surface area contributed by atoms with E-state index in [-0.39, 0.29) is 5.91 Å². The summed E-state index contributed by atoms with van der Waals surface area (Å²) in [6, 6.07) is 0. The smallest absolute Gasteiger partial charge is 0.252 e. The zero-order chi connectivity index (χ0) is 9.84. The van der Waals surface area contributed by atoms with Crippen molar-refractivity contribution in [2.45, 2.75) is 20.3 Å². The third kappa shape index (κ3) is 2.66. The first-order valence-electron chi connectivity index (χ1n) is 4.04. The number of nitrogens with zero attached hydrogens (tertiary/aromatic N) is 1. The van der Waals surface area contributed by atoms with E-state index >= 15 is 0 Å². The van der Waals surface area contributed by atoms with Gasteiger partial charge in [-0.1, -0.05) is 13.5 Å². The molecule has 0 saturated heterocycles. The zero-order valence-electron chi connectivity index (χ0n) is 7.76. The lowest BCUT2D eigenvalue weighted by Crippen LogP contribution is -2.11. The molecular formula is C9H12N2OS. The maximum absolute atomic E-state index is 11.2. The largest absolute Gasteiger partial charge is 0.298 e. The fourth-order valence-electron chi connectivity index (χ4n) is 0.731. The Morgan fingerprint density at radius 2 is 2.46 bits per heavy atom. The van der Waals surface area contributed by atoms with Crippen LogP contribution in [-0.2, 0) is 11.2 Å². The van der Waals surface area contributed by atoms with Crippen LogP contribution in [0.2, 0.25) is 0 Å². The van der Waals surface area contributed by atoms with Gasteiger partial charge in [-0.2, -0.15) is 0 Å². The minimum Gasteiger partial charge on any atom is -0.298 e. The van der Waals surface area contributed by atoms with Gasteiger partial charge in [-0.05, 0) is 13.3 Å². The van der Waals surface area contributed by atoms with Gasteiger partial charge in [0.05, 0.1) is 5.69 Å². The van der Waals surface area contributed by atoms with Gasteiger partial charge < -0.3 is 0 Å². The van der Waals surface area contributed by atoms with E-state index in [1.807, 2.05) is 12.3 Å². The fourth-order valence-corrected chi connectivity index (χ4v) is 1.52. The summed E-state index contributed by atoms with van der Waals surface area (Å²) in [5.41, 5.74) is 1.50. The van der Waals surface area contributed by atoms with Crippen molar-refractivity contribution in [1.29, 1.82) is 0 Å². The summed E-state index contributed by atoms with van der Waals surface area (Å²) in [7, 11) is 0. The molecule has 0 fully saturated rings. The number of aryl methyl sites for hydroxylation is 1. The molecule has 0 radical (unpaired) electrons. The highest BCUT2D eigenvalue weighted by molar-refractivity contribution is 7.13. The topological polar surface area (TPSA) is 42.0 Å². The Bertz CT molecular complexity index is 330. The van der Waals surface area contributed by atoms with E-state index < -0.39 is 0 Å². The van der Waals surface area contributed by atoms with Crippen LogP contribution in [0.15, 0.2) is 17.5 Å². The van der Waals surface area contributed by atoms with Crippen molar-refractivity contribution in [2.75, 3.05) is 5.32 Å². The van der Waals surface area contributed by atoms with Crippen LogP contribution in [0, 0.1) is 0 Å². The number of carbonyl (C=O) groups is 1. The lowest BCUT2D eigenvalue weighted by atomic mass is 10.3. The molecule has 13 heavy (non-hydrogen) atoms. The number of carbonyl (C=O) groups excluding carboxylic acids is 1. The van der Waals surface area contributed by atoms with Gasteiger partial charge in [0.25, 0.3) is 5.91 Å². The van der Waals surface area contributed by atoms with Crippen molar-refractivity contribution in [1.82, 2.24) is 4.98 Å². The minimum atomic E-state index is -0.169. The van der Waals surface area contributed by atoms with Gasteiger partial charge in [-0.3, -0.25) is 10.1 Å². The molecule has 0 aliphatic heterocycles. The van der Waals surface area contributed by atoms with Crippen molar-refractivity contribution in [2.24, 2.45) is 0 Å². The van der Waals surface area contributed by atoms with E-state index in [4.69, 9.17) is 0 Å². The number of rotatable bonds is 3. The Kier molecular flexibility index (Phi) is 3.19. The quantitative estimate of drug-likeness (QED) is 0.753. The predicted molar refractivity (Wildman–Crippen MR) is 54.9 cm³/mol. The van der Waals surface area contributed by atoms with Crippen molar-refractivity contribution < 1.29 is 4.79 Å². The number of amides is 1. The van der Waals surface area contributed by atoms with Crippen molar-refractivity contribution in [3.8, 4) is 0 Å². The van der Waals surface area contributed by atoms with Crippen molar-refractivity contribution in [3.63, 3.8) is 0 Å². The van der Waals surface area contributed by atoms with Crippen LogP contribution >= 0.6 is 11.3 Å². The van der Waals surface area contributed by atoms with Gasteiger partial charge in [0.2, 0.25) is 0 Å². The number of thiazole rings is 1. The number of anilines is 1. The van der Waals surface area contributed by atoms with Crippen molar-refractivity contribution >= 4 is 22.4 Å². The minimum absolute atomic E-state index is 0.169. The molecule has 0 aliphatic rings. The molecule has 0 bridgehead atoms. The average molecular weight is 196 g/mol. The summed E-state index contributed by atoms with van der Waals surface area (Å²) >= 11 is 1.44. The summed E-state index contributed by atoms with van der Waals surface area (Å²) in [5, 5.41) is 5.25. The molecule has 0 atom stereocenters. The van der Waals surface area contributed by atoms with E-state index in [0.717, 1.165) is 12.1 Å². The number of hydrogen-bond acceptors (Lipinski definition) is 3. The van der Waals surface area contributed by atoms with Gasteiger partial charge in [0.1, 0.15) is 0 Å². The molecule has 0 unspecified atom stereocenters. The Morgan fingerprint density at radius 1 is 1.77 bits per heavy atom. The Labute approximate surface area is 81.5 Å². The van der Waals surface area contributed by atoms with Crippen LogP contribution in [0.4, 0.5) is 5.13 Å². The molecule has 0 aliphatic carbocycles. The molecule has 3 nitrogen and oxygen atoms in total. The Hall–Kier alpha value is -1.16. The third-order valence-electron chi connectivity index (χ3n) is 1.52. The number of nitrogens with one attached hydrogen (secondary N) is 1. The normalized spacial score (nSPS) is 9.69. The summed E-state index contributed by atoms with van der Waals surface area (Å²) in [6.07, 6.45) is 0.888. The lowest BCUT2D eigenvalue weighted by Gasteiger charge is -1.98. The molecular weight excluding hydrogens is 184 g/mol. The SMILES string of the molecule is C=C(C)C(=O)Nc1nc(CC)cs1. The van der Waals surface area contributed by atoms with Crippen LogP contribution < -0.4 is 5.32 Å². The molecule has 1 heterocycles. The van der Waals surface area contributed by atoms with Gasteiger partial charge >= 0.3 is 0 Å². The van der Waals surface area contributed by atoms with Crippen LogP contribution in [0.3, 0.4) is 0 Å². The zero-order valence-corrected chi connectivity index (χ0v) is 8.57.